The Kier molecular flexibility index (Phi) is 2.90. The molecule has 1 aromatic heterocycles. The number of rotatable bonds is 1. The second-order valence-electron chi connectivity index (χ2n) is 4.82. The zero-order valence-corrected chi connectivity index (χ0v) is 9.86. The van der Waals surface area contributed by atoms with Gasteiger partial charge in [-0.3, -0.25) is 4.79 Å². The number of amides is 1. The van der Waals surface area contributed by atoms with Crippen LogP contribution in [-0.2, 0) is 0 Å². The van der Waals surface area contributed by atoms with Crippen molar-refractivity contribution in [2.24, 2.45) is 5.92 Å². The summed E-state index contributed by atoms with van der Waals surface area (Å²) in [5.41, 5.74) is 6.81. The minimum absolute atomic E-state index is 0.0658. The smallest absolute Gasteiger partial charge is 0.270 e. The molecule has 1 saturated heterocycles. The number of hydrogen-bond donors (Lipinski definition) is 2. The van der Waals surface area contributed by atoms with E-state index in [1.807, 2.05) is 4.90 Å². The van der Waals surface area contributed by atoms with Crippen molar-refractivity contribution in [2.75, 3.05) is 12.3 Å². The molecule has 3 N–H and O–H groups in total. The molecule has 0 aliphatic carbocycles. The molecule has 1 aromatic rings. The van der Waals surface area contributed by atoms with E-state index < -0.39 is 0 Å². The molecule has 0 spiro atoms. The van der Waals surface area contributed by atoms with Crippen LogP contribution < -0.4 is 5.73 Å². The fraction of sp³-hybridized carbons (Fsp3) is 0.583. The van der Waals surface area contributed by atoms with Gasteiger partial charge >= 0.3 is 0 Å². The molecular weight excluding hydrogens is 202 g/mol. The van der Waals surface area contributed by atoms with Gasteiger partial charge < -0.3 is 15.6 Å². The fourth-order valence-corrected chi connectivity index (χ4v) is 2.40. The van der Waals surface area contributed by atoms with Crippen LogP contribution in [0.4, 0.5) is 5.69 Å². The maximum Gasteiger partial charge on any atom is 0.270 e. The molecule has 16 heavy (non-hydrogen) atoms. The average molecular weight is 221 g/mol. The lowest BCUT2D eigenvalue weighted by Gasteiger charge is -2.36. The Morgan fingerprint density at radius 1 is 1.56 bits per heavy atom. The maximum absolute atomic E-state index is 12.2. The lowest BCUT2D eigenvalue weighted by atomic mass is 9.93. The molecule has 2 heterocycles. The highest BCUT2D eigenvalue weighted by atomic mass is 16.2. The van der Waals surface area contributed by atoms with Crippen molar-refractivity contribution in [2.45, 2.75) is 32.7 Å². The van der Waals surface area contributed by atoms with Crippen molar-refractivity contribution in [3.63, 3.8) is 0 Å². The van der Waals surface area contributed by atoms with E-state index in [0.717, 1.165) is 19.4 Å². The summed E-state index contributed by atoms with van der Waals surface area (Å²) in [4.78, 5) is 17.0. The Labute approximate surface area is 95.8 Å². The Morgan fingerprint density at radius 2 is 2.31 bits per heavy atom. The van der Waals surface area contributed by atoms with Gasteiger partial charge in [-0.05, 0) is 31.7 Å². The van der Waals surface area contributed by atoms with Gasteiger partial charge in [0, 0.05) is 24.5 Å². The zero-order valence-electron chi connectivity index (χ0n) is 9.86. The third-order valence-corrected chi connectivity index (χ3v) is 3.33. The van der Waals surface area contributed by atoms with Crippen LogP contribution in [0, 0.1) is 5.92 Å². The van der Waals surface area contributed by atoms with Crippen LogP contribution in [-0.4, -0.2) is 28.4 Å². The average Bonchev–Trinajstić information content (AvgIpc) is 2.64. The van der Waals surface area contributed by atoms with Crippen LogP contribution in [0.1, 0.15) is 37.2 Å². The first kappa shape index (κ1) is 11.0. The molecule has 1 aliphatic heterocycles. The number of likely N-dealkylation sites (tertiary alicyclic amines) is 1. The third kappa shape index (κ3) is 2.05. The minimum atomic E-state index is 0.0658. The van der Waals surface area contributed by atoms with E-state index in [1.54, 1.807) is 12.3 Å². The van der Waals surface area contributed by atoms with Gasteiger partial charge in [0.05, 0.1) is 0 Å². The van der Waals surface area contributed by atoms with Gasteiger partial charge in [0.2, 0.25) is 0 Å². The molecule has 2 atom stereocenters. The maximum atomic E-state index is 12.2. The van der Waals surface area contributed by atoms with Crippen LogP contribution >= 0.6 is 0 Å². The highest BCUT2D eigenvalue weighted by molar-refractivity contribution is 5.93. The normalized spacial score (nSPS) is 25.8. The highest BCUT2D eigenvalue weighted by Crippen LogP contribution is 2.23. The summed E-state index contributed by atoms with van der Waals surface area (Å²) >= 11 is 0. The van der Waals surface area contributed by atoms with Crippen molar-refractivity contribution >= 4 is 11.6 Å². The number of hydrogen-bond acceptors (Lipinski definition) is 2. The van der Waals surface area contributed by atoms with Crippen LogP contribution in [0.5, 0.6) is 0 Å². The predicted octanol–water partition coefficient (Wildman–Crippen LogP) is 1.86. The fourth-order valence-electron chi connectivity index (χ4n) is 2.40. The van der Waals surface area contributed by atoms with E-state index in [1.165, 1.54) is 0 Å². The molecule has 2 rings (SSSR count). The van der Waals surface area contributed by atoms with E-state index in [-0.39, 0.29) is 5.91 Å². The topological polar surface area (TPSA) is 62.1 Å². The number of H-pyrrole nitrogens is 1. The zero-order chi connectivity index (χ0) is 11.7. The second kappa shape index (κ2) is 4.20. The van der Waals surface area contributed by atoms with E-state index in [4.69, 9.17) is 5.73 Å². The summed E-state index contributed by atoms with van der Waals surface area (Å²) < 4.78 is 0. The quantitative estimate of drug-likeness (QED) is 0.760. The Balaban J connectivity index is 2.10. The number of nitrogens with two attached hydrogens (primary N) is 1. The number of carbonyl (C=O) groups excluding carboxylic acids is 1. The van der Waals surface area contributed by atoms with Crippen molar-refractivity contribution in [1.82, 2.24) is 9.88 Å². The Morgan fingerprint density at radius 3 is 2.88 bits per heavy atom. The molecule has 0 aromatic carbocycles. The Hall–Kier alpha value is -1.45. The van der Waals surface area contributed by atoms with Crippen molar-refractivity contribution in [3.05, 3.63) is 18.0 Å². The van der Waals surface area contributed by atoms with Gasteiger partial charge in [0.25, 0.3) is 5.91 Å². The molecule has 1 amide bonds. The summed E-state index contributed by atoms with van der Waals surface area (Å²) in [5, 5.41) is 0. The summed E-state index contributed by atoms with van der Waals surface area (Å²) in [6.45, 7) is 5.20. The molecule has 4 heteroatoms. The van der Waals surface area contributed by atoms with Crippen LogP contribution in [0.15, 0.2) is 12.3 Å². The molecule has 1 fully saturated rings. The first-order chi connectivity index (χ1) is 7.58. The number of nitrogen functional groups attached to an aromatic ring is 1. The number of nitrogens with zero attached hydrogens (tertiary/aromatic N) is 1. The van der Waals surface area contributed by atoms with E-state index in [2.05, 4.69) is 18.8 Å². The molecule has 0 saturated carbocycles. The summed E-state index contributed by atoms with van der Waals surface area (Å²) in [6, 6.07) is 2.02. The SMILES string of the molecule is CC1CCN(C(=O)c2cc(N)c[nH]2)C(C)C1. The third-order valence-electron chi connectivity index (χ3n) is 3.33. The Bertz CT molecular complexity index is 385. The van der Waals surface area contributed by atoms with Crippen molar-refractivity contribution in [1.29, 1.82) is 0 Å². The van der Waals surface area contributed by atoms with E-state index in [0.29, 0.717) is 23.3 Å². The number of nitrogens with one attached hydrogen (secondary N) is 1. The lowest BCUT2D eigenvalue weighted by molar-refractivity contribution is 0.0583. The summed E-state index contributed by atoms with van der Waals surface area (Å²) in [7, 11) is 0. The van der Waals surface area contributed by atoms with Gasteiger partial charge in [0.1, 0.15) is 5.69 Å². The standard InChI is InChI=1S/C12H19N3O/c1-8-3-4-15(9(2)5-8)12(16)11-6-10(13)7-14-11/h6-9,14H,3-5,13H2,1-2H3. The lowest BCUT2D eigenvalue weighted by Crippen LogP contribution is -2.44. The first-order valence-corrected chi connectivity index (χ1v) is 5.82. The van der Waals surface area contributed by atoms with Crippen molar-refractivity contribution < 1.29 is 4.79 Å². The summed E-state index contributed by atoms with van der Waals surface area (Å²) in [6.07, 6.45) is 3.83. The second-order valence-corrected chi connectivity index (χ2v) is 4.82. The largest absolute Gasteiger partial charge is 0.397 e. The number of piperidine rings is 1. The number of anilines is 1. The first-order valence-electron chi connectivity index (χ1n) is 5.82. The van der Waals surface area contributed by atoms with Gasteiger partial charge in [0.15, 0.2) is 0 Å². The summed E-state index contributed by atoms with van der Waals surface area (Å²) in [5.74, 6) is 0.781. The van der Waals surface area contributed by atoms with Gasteiger partial charge in [-0.2, -0.15) is 0 Å². The number of aromatic amines is 1. The van der Waals surface area contributed by atoms with E-state index in [9.17, 15) is 4.79 Å². The van der Waals surface area contributed by atoms with Crippen molar-refractivity contribution in [3.8, 4) is 0 Å². The minimum Gasteiger partial charge on any atom is -0.397 e. The van der Waals surface area contributed by atoms with E-state index >= 15 is 0 Å². The molecule has 4 nitrogen and oxygen atoms in total. The molecule has 1 aliphatic rings. The monoisotopic (exact) mass is 221 g/mol. The molecule has 88 valence electrons. The molecular formula is C12H19N3O. The number of aromatic nitrogens is 1. The van der Waals surface area contributed by atoms with Gasteiger partial charge in [-0.1, -0.05) is 6.92 Å². The van der Waals surface area contributed by atoms with Crippen LogP contribution in [0.3, 0.4) is 0 Å². The molecule has 0 radical (unpaired) electrons. The molecule has 2 unspecified atom stereocenters. The van der Waals surface area contributed by atoms with Crippen LogP contribution in [0.2, 0.25) is 0 Å². The molecule has 0 bridgehead atoms. The highest BCUT2D eigenvalue weighted by Gasteiger charge is 2.27. The van der Waals surface area contributed by atoms with Crippen LogP contribution in [0.25, 0.3) is 0 Å². The predicted molar refractivity (Wildman–Crippen MR) is 64.1 cm³/mol. The number of carbonyl (C=O) groups is 1. The van der Waals surface area contributed by atoms with Gasteiger partial charge in [-0.25, -0.2) is 0 Å². The van der Waals surface area contributed by atoms with Gasteiger partial charge in [-0.15, -0.1) is 0 Å².